The quantitative estimate of drug-likeness (QED) is 0.114. The predicted molar refractivity (Wildman–Crippen MR) is 387 cm³/mol. The Hall–Kier alpha value is -12.2. The van der Waals surface area contributed by atoms with Crippen LogP contribution in [-0.2, 0) is 0 Å². The van der Waals surface area contributed by atoms with Crippen LogP contribution in [0.3, 0.4) is 0 Å². The number of nitrogens with zero attached hydrogens (tertiary/aromatic N) is 2. The molecule has 16 aromatic carbocycles. The van der Waals surface area contributed by atoms with E-state index in [9.17, 15) is 0 Å². The van der Waals surface area contributed by atoms with Gasteiger partial charge in [-0.1, -0.05) is 243 Å². The molecule has 2 aromatic heterocycles. The highest BCUT2D eigenvalue weighted by molar-refractivity contribution is 6.27. The highest BCUT2D eigenvalue weighted by Crippen LogP contribution is 2.49. The minimum atomic E-state index is 0.864. The molecule has 0 N–H and O–H groups in total. The molecule has 0 atom stereocenters. The number of para-hydroxylation sites is 2. The van der Waals surface area contributed by atoms with Gasteiger partial charge in [-0.3, -0.25) is 0 Å². The van der Waals surface area contributed by atoms with E-state index in [1.165, 1.54) is 54.6 Å². The van der Waals surface area contributed by atoms with E-state index in [0.29, 0.717) is 0 Å². The smallest absolute Gasteiger partial charge is 0.135 e. The Balaban J connectivity index is 0.744. The first-order valence-electron chi connectivity index (χ1n) is 31.4. The van der Waals surface area contributed by atoms with E-state index in [1.807, 2.05) is 24.3 Å². The Bertz CT molecular complexity index is 5440. The molecule has 0 bridgehead atoms. The molecule has 92 heavy (non-hydrogen) atoms. The molecule has 0 radical (unpaired) electrons. The van der Waals surface area contributed by atoms with Gasteiger partial charge in [-0.2, -0.15) is 0 Å². The van der Waals surface area contributed by atoms with Crippen molar-refractivity contribution in [1.29, 1.82) is 0 Å². The van der Waals surface area contributed by atoms with E-state index in [1.54, 1.807) is 0 Å². The summed E-state index contributed by atoms with van der Waals surface area (Å²) in [5, 5.41) is 11.8. The molecule has 0 fully saturated rings. The van der Waals surface area contributed by atoms with Crippen LogP contribution in [0.15, 0.2) is 349 Å². The molecule has 430 valence electrons. The molecule has 18 aromatic rings. The summed E-state index contributed by atoms with van der Waals surface area (Å²) in [5.74, 6) is 0. The van der Waals surface area contributed by atoms with Crippen molar-refractivity contribution in [2.75, 3.05) is 9.80 Å². The van der Waals surface area contributed by atoms with Gasteiger partial charge in [0.25, 0.3) is 0 Å². The van der Waals surface area contributed by atoms with Gasteiger partial charge in [0.15, 0.2) is 0 Å². The Kier molecular flexibility index (Phi) is 12.5. The molecule has 4 nitrogen and oxygen atoms in total. The molecule has 0 unspecified atom stereocenters. The van der Waals surface area contributed by atoms with Gasteiger partial charge in [-0.25, -0.2) is 0 Å². The molecule has 0 aliphatic carbocycles. The van der Waals surface area contributed by atoms with Crippen molar-refractivity contribution in [1.82, 2.24) is 0 Å². The zero-order valence-electron chi connectivity index (χ0n) is 50.0. The second kappa shape index (κ2) is 21.8. The average molecular weight is 1170 g/mol. The summed E-state index contributed by atoms with van der Waals surface area (Å²) in [6.45, 7) is 0. The number of rotatable bonds is 12. The van der Waals surface area contributed by atoms with Crippen LogP contribution in [0, 0.1) is 0 Å². The standard InChI is InChI=1S/C88H56N2O2/c1-5-17-57(18-6-1)65-37-49-81(77(53-65)59-21-9-3-10-22-59)89(69-43-51-85-79(55-69)73-25-13-15-27-83(73)91-85)67-39-29-61(30-40-67)71-45-33-63-36-48-76-72(46-34-64-35-47-75(71)87(63)88(64)76)62-31-41-68(42-32-62)90(70-44-52-86-80(56-70)74-26-14-16-28-84(74)92-86)82-50-38-66(58-19-7-2-8-20-58)54-78(82)60-23-11-4-12-24-60/h1-56H. The van der Waals surface area contributed by atoms with E-state index in [4.69, 9.17) is 8.83 Å². The van der Waals surface area contributed by atoms with E-state index < -0.39 is 0 Å². The topological polar surface area (TPSA) is 32.8 Å². The van der Waals surface area contributed by atoms with Crippen molar-refractivity contribution >= 4 is 110 Å². The zero-order valence-corrected chi connectivity index (χ0v) is 50.0. The maximum atomic E-state index is 6.39. The normalized spacial score (nSPS) is 11.7. The van der Waals surface area contributed by atoms with Crippen molar-refractivity contribution in [2.24, 2.45) is 0 Å². The lowest BCUT2D eigenvalue weighted by atomic mass is 9.87. The summed E-state index contributed by atoms with van der Waals surface area (Å²) in [6.07, 6.45) is 0. The van der Waals surface area contributed by atoms with Crippen molar-refractivity contribution in [3.63, 3.8) is 0 Å². The first kappa shape index (κ1) is 52.8. The van der Waals surface area contributed by atoms with Crippen LogP contribution in [0.25, 0.3) is 143 Å². The van der Waals surface area contributed by atoms with Gasteiger partial charge >= 0.3 is 0 Å². The van der Waals surface area contributed by atoms with Crippen molar-refractivity contribution in [2.45, 2.75) is 0 Å². The maximum Gasteiger partial charge on any atom is 0.135 e. The third-order valence-electron chi connectivity index (χ3n) is 18.6. The van der Waals surface area contributed by atoms with Gasteiger partial charge in [0, 0.05) is 55.4 Å². The zero-order chi connectivity index (χ0) is 60.6. The number of furan rings is 2. The monoisotopic (exact) mass is 1170 g/mol. The number of benzene rings is 16. The second-order valence-electron chi connectivity index (χ2n) is 23.9. The molecular weight excluding hydrogens is 1120 g/mol. The van der Waals surface area contributed by atoms with Crippen LogP contribution in [0.5, 0.6) is 0 Å². The van der Waals surface area contributed by atoms with E-state index in [2.05, 4.69) is 325 Å². The maximum absolute atomic E-state index is 6.39. The molecule has 2 heterocycles. The predicted octanol–water partition coefficient (Wildman–Crippen LogP) is 25.3. The fourth-order valence-electron chi connectivity index (χ4n) is 14.2. The molecule has 0 amide bonds. The number of hydrogen-bond acceptors (Lipinski definition) is 4. The first-order valence-corrected chi connectivity index (χ1v) is 31.4. The van der Waals surface area contributed by atoms with Gasteiger partial charge < -0.3 is 18.6 Å². The van der Waals surface area contributed by atoms with Gasteiger partial charge in [-0.15, -0.1) is 0 Å². The van der Waals surface area contributed by atoms with Gasteiger partial charge in [0.2, 0.25) is 0 Å². The van der Waals surface area contributed by atoms with Gasteiger partial charge in [0.1, 0.15) is 22.3 Å². The molecule has 4 heteroatoms. The summed E-state index contributed by atoms with van der Waals surface area (Å²) in [6, 6.07) is 123. The summed E-state index contributed by atoms with van der Waals surface area (Å²) >= 11 is 0. The van der Waals surface area contributed by atoms with Crippen LogP contribution >= 0.6 is 0 Å². The Labute approximate surface area is 532 Å². The fraction of sp³-hybridized carbons (Fsp3) is 0. The molecule has 0 saturated carbocycles. The Morgan fingerprint density at radius 2 is 0.511 bits per heavy atom. The van der Waals surface area contributed by atoms with E-state index in [-0.39, 0.29) is 0 Å². The summed E-state index contributed by atoms with van der Waals surface area (Å²) in [7, 11) is 0. The third kappa shape index (κ3) is 8.99. The largest absolute Gasteiger partial charge is 0.456 e. The second-order valence-corrected chi connectivity index (χ2v) is 23.9. The van der Waals surface area contributed by atoms with Crippen molar-refractivity contribution in [3.05, 3.63) is 340 Å². The van der Waals surface area contributed by atoms with Crippen LogP contribution in [0.4, 0.5) is 34.1 Å². The minimum absolute atomic E-state index is 0.864. The SMILES string of the molecule is c1ccc(-c2ccc(N(c3ccc(-c4ccc5ccc6c(-c7ccc(N(c8ccc9oc%10ccccc%10c9c8)c8ccc(-c9ccccc9)cc8-c8ccccc8)cc7)ccc7ccc4c5c76)cc3)c3ccc4oc5ccccc5c4c3)c(-c3ccccc3)c2)cc1. The van der Waals surface area contributed by atoms with Crippen LogP contribution in [0.1, 0.15) is 0 Å². The van der Waals surface area contributed by atoms with E-state index in [0.717, 1.165) is 123 Å². The number of fused-ring (bicyclic) bond motifs is 6. The average Bonchev–Trinajstić information content (AvgIpc) is 1.40. The Morgan fingerprint density at radius 1 is 0.185 bits per heavy atom. The molecular formula is C88H56N2O2. The van der Waals surface area contributed by atoms with Crippen LogP contribution < -0.4 is 9.80 Å². The number of hydrogen-bond donors (Lipinski definition) is 0. The lowest BCUT2D eigenvalue weighted by Crippen LogP contribution is -2.11. The minimum Gasteiger partial charge on any atom is -0.456 e. The highest BCUT2D eigenvalue weighted by Gasteiger charge is 2.24. The summed E-state index contributed by atoms with van der Waals surface area (Å²) < 4.78 is 12.8. The van der Waals surface area contributed by atoms with E-state index >= 15 is 0 Å². The lowest BCUT2D eigenvalue weighted by molar-refractivity contribution is 0.668. The van der Waals surface area contributed by atoms with Crippen molar-refractivity contribution < 1.29 is 8.83 Å². The first-order chi connectivity index (χ1) is 45.6. The lowest BCUT2D eigenvalue weighted by Gasteiger charge is -2.29. The fourth-order valence-corrected chi connectivity index (χ4v) is 14.2. The van der Waals surface area contributed by atoms with Gasteiger partial charge in [0.05, 0.1) is 11.4 Å². The van der Waals surface area contributed by atoms with Crippen LogP contribution in [-0.4, -0.2) is 0 Å². The molecule has 18 rings (SSSR count). The summed E-state index contributed by atoms with van der Waals surface area (Å²) in [5.41, 5.74) is 23.7. The summed E-state index contributed by atoms with van der Waals surface area (Å²) in [4.78, 5) is 4.81. The highest BCUT2D eigenvalue weighted by atomic mass is 16.3. The molecule has 0 aliphatic rings. The Morgan fingerprint density at radius 3 is 0.924 bits per heavy atom. The van der Waals surface area contributed by atoms with Crippen molar-refractivity contribution in [3.8, 4) is 66.8 Å². The van der Waals surface area contributed by atoms with Gasteiger partial charge in [-0.05, 0) is 185 Å². The third-order valence-corrected chi connectivity index (χ3v) is 18.6. The molecule has 0 spiro atoms. The number of anilines is 6. The van der Waals surface area contributed by atoms with Crippen LogP contribution in [0.2, 0.25) is 0 Å². The molecule has 0 saturated heterocycles. The molecule has 0 aliphatic heterocycles.